The Kier molecular flexibility index (Phi) is 7.18. The van der Waals surface area contributed by atoms with Gasteiger partial charge in [-0.1, -0.05) is 19.3 Å². The van der Waals surface area contributed by atoms with Gasteiger partial charge in [-0.25, -0.2) is 0 Å². The first-order chi connectivity index (χ1) is 11.6. The molecule has 0 spiro atoms. The number of aromatic nitrogens is 1. The second-order valence-corrected chi connectivity index (χ2v) is 6.68. The minimum Gasteiger partial charge on any atom is -0.352 e. The van der Waals surface area contributed by atoms with Crippen LogP contribution in [0, 0.1) is 0 Å². The molecule has 2 N–H and O–H groups in total. The first-order valence-corrected chi connectivity index (χ1v) is 8.75. The lowest BCUT2D eigenvalue weighted by atomic mass is 9.95. The molecule has 0 aliphatic heterocycles. The van der Waals surface area contributed by atoms with Crippen LogP contribution in [-0.2, 0) is 0 Å². The zero-order chi connectivity index (χ0) is 17.4. The Balaban J connectivity index is 1.87. The first kappa shape index (κ1) is 18.4. The summed E-state index contributed by atoms with van der Waals surface area (Å²) in [5.41, 5.74) is 0.873. The van der Waals surface area contributed by atoms with Gasteiger partial charge in [0.15, 0.2) is 0 Å². The Hall–Kier alpha value is -1.95. The van der Waals surface area contributed by atoms with Gasteiger partial charge in [-0.3, -0.25) is 14.6 Å². The summed E-state index contributed by atoms with van der Waals surface area (Å²) < 4.78 is 0. The van der Waals surface area contributed by atoms with E-state index in [4.69, 9.17) is 0 Å². The molecule has 0 saturated heterocycles. The molecule has 6 heteroatoms. The maximum atomic E-state index is 12.3. The number of carbonyl (C=O) groups is 2. The van der Waals surface area contributed by atoms with Crippen LogP contribution in [0.25, 0.3) is 0 Å². The number of nitrogens with zero attached hydrogens (tertiary/aromatic N) is 2. The van der Waals surface area contributed by atoms with Crippen molar-refractivity contribution >= 4 is 11.8 Å². The fourth-order valence-corrected chi connectivity index (χ4v) is 2.90. The van der Waals surface area contributed by atoms with Gasteiger partial charge in [0.1, 0.15) is 0 Å². The number of amides is 2. The van der Waals surface area contributed by atoms with Gasteiger partial charge in [-0.05, 0) is 46.0 Å². The third-order valence-corrected chi connectivity index (χ3v) is 4.27. The largest absolute Gasteiger partial charge is 0.352 e. The lowest BCUT2D eigenvalue weighted by molar-refractivity contribution is 0.0927. The van der Waals surface area contributed by atoms with Crippen LogP contribution in [0.5, 0.6) is 0 Å². The Morgan fingerprint density at radius 3 is 2.46 bits per heavy atom. The van der Waals surface area contributed by atoms with Crippen LogP contribution in [0.15, 0.2) is 18.5 Å². The van der Waals surface area contributed by atoms with Gasteiger partial charge in [-0.15, -0.1) is 0 Å². The number of rotatable bonds is 7. The Morgan fingerprint density at radius 2 is 1.79 bits per heavy atom. The predicted molar refractivity (Wildman–Crippen MR) is 94.1 cm³/mol. The summed E-state index contributed by atoms with van der Waals surface area (Å²) in [6.07, 6.45) is 9.54. The van der Waals surface area contributed by atoms with E-state index in [0.717, 1.165) is 25.8 Å². The van der Waals surface area contributed by atoms with E-state index < -0.39 is 0 Å². The van der Waals surface area contributed by atoms with E-state index in [1.54, 1.807) is 6.07 Å². The van der Waals surface area contributed by atoms with Gasteiger partial charge in [0.25, 0.3) is 11.8 Å². The summed E-state index contributed by atoms with van der Waals surface area (Å²) in [5, 5.41) is 5.91. The van der Waals surface area contributed by atoms with E-state index >= 15 is 0 Å². The van der Waals surface area contributed by atoms with E-state index in [2.05, 4.69) is 20.5 Å². The van der Waals surface area contributed by atoms with Crippen molar-refractivity contribution in [1.82, 2.24) is 20.5 Å². The molecule has 132 valence electrons. The Bertz CT molecular complexity index is 554. The van der Waals surface area contributed by atoms with Gasteiger partial charge in [-0.2, -0.15) is 0 Å². The van der Waals surface area contributed by atoms with Crippen molar-refractivity contribution in [1.29, 1.82) is 0 Å². The summed E-state index contributed by atoms with van der Waals surface area (Å²) in [5.74, 6) is -0.328. The zero-order valence-corrected chi connectivity index (χ0v) is 14.7. The highest BCUT2D eigenvalue weighted by atomic mass is 16.2. The van der Waals surface area contributed by atoms with Crippen LogP contribution in [-0.4, -0.2) is 54.9 Å². The monoisotopic (exact) mass is 332 g/mol. The van der Waals surface area contributed by atoms with Crippen molar-refractivity contribution in [2.24, 2.45) is 0 Å². The summed E-state index contributed by atoms with van der Waals surface area (Å²) in [4.78, 5) is 30.6. The molecule has 6 nitrogen and oxygen atoms in total. The van der Waals surface area contributed by atoms with Crippen molar-refractivity contribution in [3.05, 3.63) is 29.6 Å². The average Bonchev–Trinajstić information content (AvgIpc) is 2.59. The number of hydrogen-bond acceptors (Lipinski definition) is 4. The third kappa shape index (κ3) is 5.92. The molecule has 1 aromatic heterocycles. The van der Waals surface area contributed by atoms with Crippen LogP contribution in [0.4, 0.5) is 0 Å². The van der Waals surface area contributed by atoms with E-state index in [-0.39, 0.29) is 17.9 Å². The van der Waals surface area contributed by atoms with Crippen molar-refractivity contribution in [3.63, 3.8) is 0 Å². The molecular weight excluding hydrogens is 304 g/mol. The average molecular weight is 332 g/mol. The number of carbonyl (C=O) groups excluding carboxylic acids is 2. The predicted octanol–water partition coefficient (Wildman–Crippen LogP) is 1.83. The van der Waals surface area contributed by atoms with E-state index in [9.17, 15) is 9.59 Å². The van der Waals surface area contributed by atoms with Crippen LogP contribution < -0.4 is 10.6 Å². The quantitative estimate of drug-likeness (QED) is 0.747. The lowest BCUT2D eigenvalue weighted by Gasteiger charge is -2.22. The third-order valence-electron chi connectivity index (χ3n) is 4.27. The smallest absolute Gasteiger partial charge is 0.253 e. The van der Waals surface area contributed by atoms with Gasteiger partial charge in [0.2, 0.25) is 0 Å². The SMILES string of the molecule is CN(C)CCCNC(=O)c1cncc(C(=O)NC2CCCCC2)c1. The summed E-state index contributed by atoms with van der Waals surface area (Å²) in [7, 11) is 4.00. The second kappa shape index (κ2) is 9.37. The highest BCUT2D eigenvalue weighted by Gasteiger charge is 2.17. The summed E-state index contributed by atoms with van der Waals surface area (Å²) in [6, 6.07) is 1.86. The highest BCUT2D eigenvalue weighted by molar-refractivity contribution is 5.99. The van der Waals surface area contributed by atoms with Crippen molar-refractivity contribution in [2.75, 3.05) is 27.2 Å². The lowest BCUT2D eigenvalue weighted by Crippen LogP contribution is -2.36. The Labute approximate surface area is 144 Å². The normalized spacial score (nSPS) is 15.3. The molecule has 0 atom stereocenters. The topological polar surface area (TPSA) is 74.3 Å². The molecule has 0 bridgehead atoms. The van der Waals surface area contributed by atoms with Gasteiger partial charge >= 0.3 is 0 Å². The minimum atomic E-state index is -0.187. The molecule has 1 aromatic rings. The first-order valence-electron chi connectivity index (χ1n) is 8.75. The molecule has 1 aliphatic rings. The number of hydrogen-bond donors (Lipinski definition) is 2. The number of nitrogens with one attached hydrogen (secondary N) is 2. The summed E-state index contributed by atoms with van der Waals surface area (Å²) in [6.45, 7) is 1.53. The molecule has 1 fully saturated rings. The van der Waals surface area contributed by atoms with Crippen LogP contribution in [0.2, 0.25) is 0 Å². The van der Waals surface area contributed by atoms with Gasteiger partial charge in [0, 0.05) is 25.0 Å². The molecule has 1 saturated carbocycles. The van der Waals surface area contributed by atoms with Crippen LogP contribution in [0.1, 0.15) is 59.2 Å². The Morgan fingerprint density at radius 1 is 1.12 bits per heavy atom. The van der Waals surface area contributed by atoms with Crippen molar-refractivity contribution in [2.45, 2.75) is 44.6 Å². The molecule has 24 heavy (non-hydrogen) atoms. The molecule has 1 heterocycles. The fourth-order valence-electron chi connectivity index (χ4n) is 2.90. The minimum absolute atomic E-state index is 0.142. The maximum Gasteiger partial charge on any atom is 0.253 e. The van der Waals surface area contributed by atoms with Gasteiger partial charge in [0.05, 0.1) is 11.1 Å². The molecule has 2 amide bonds. The van der Waals surface area contributed by atoms with Crippen LogP contribution in [0.3, 0.4) is 0 Å². The second-order valence-electron chi connectivity index (χ2n) is 6.68. The molecule has 0 radical (unpaired) electrons. The highest BCUT2D eigenvalue weighted by Crippen LogP contribution is 2.17. The van der Waals surface area contributed by atoms with Gasteiger partial charge < -0.3 is 15.5 Å². The van der Waals surface area contributed by atoms with E-state index in [0.29, 0.717) is 17.7 Å². The van der Waals surface area contributed by atoms with Crippen molar-refractivity contribution in [3.8, 4) is 0 Å². The fraction of sp³-hybridized carbons (Fsp3) is 0.611. The molecule has 2 rings (SSSR count). The number of pyridine rings is 1. The molecule has 1 aliphatic carbocycles. The standard InChI is InChI=1S/C18H28N4O2/c1-22(2)10-6-9-20-17(23)14-11-15(13-19-12-14)18(24)21-16-7-4-3-5-8-16/h11-13,16H,3-10H2,1-2H3,(H,20,23)(H,21,24). The van der Waals surface area contributed by atoms with Crippen LogP contribution >= 0.6 is 0 Å². The molecule has 0 unspecified atom stereocenters. The van der Waals surface area contributed by atoms with Crippen molar-refractivity contribution < 1.29 is 9.59 Å². The zero-order valence-electron chi connectivity index (χ0n) is 14.7. The molecule has 0 aromatic carbocycles. The maximum absolute atomic E-state index is 12.3. The molecular formula is C18H28N4O2. The van der Waals surface area contributed by atoms with E-state index in [1.807, 2.05) is 14.1 Å². The van der Waals surface area contributed by atoms with E-state index in [1.165, 1.54) is 31.7 Å². The summed E-state index contributed by atoms with van der Waals surface area (Å²) >= 11 is 0.